The van der Waals surface area contributed by atoms with Gasteiger partial charge in [-0.2, -0.15) is 0 Å². The van der Waals surface area contributed by atoms with E-state index in [2.05, 4.69) is 17.4 Å². The second kappa shape index (κ2) is 12.4. The molecule has 4 aromatic carbocycles. The number of aryl methyl sites for hydroxylation is 1. The van der Waals surface area contributed by atoms with Crippen LogP contribution in [-0.2, 0) is 17.6 Å². The van der Waals surface area contributed by atoms with Crippen molar-refractivity contribution in [1.82, 2.24) is 5.32 Å². The zero-order valence-corrected chi connectivity index (χ0v) is 21.1. The van der Waals surface area contributed by atoms with Crippen LogP contribution in [0.15, 0.2) is 91.0 Å². The highest BCUT2D eigenvalue weighted by molar-refractivity contribution is 6.30. The first-order valence-corrected chi connectivity index (χ1v) is 12.6. The number of amides is 1. The van der Waals surface area contributed by atoms with Gasteiger partial charge in [0.05, 0.1) is 13.2 Å². The van der Waals surface area contributed by atoms with E-state index in [1.807, 2.05) is 60.7 Å². The topological polar surface area (TPSA) is 55.4 Å². The Labute approximate surface area is 217 Å². The highest BCUT2D eigenvalue weighted by Gasteiger charge is 2.22. The number of carbonyl (C=O) groups is 2. The third-order valence-electron chi connectivity index (χ3n) is 6.34. The summed E-state index contributed by atoms with van der Waals surface area (Å²) < 4.78 is 5.28. The maximum Gasteiger partial charge on any atom is 0.251 e. The first-order valence-electron chi connectivity index (χ1n) is 12.2. The number of fused-ring (bicyclic) bond motifs is 1. The van der Waals surface area contributed by atoms with Crippen molar-refractivity contribution < 1.29 is 14.3 Å². The SMILES string of the molecule is COc1ccc2cc(C(=O)N[C@@H](Cc3ccc(Cl)cc3)C(=O)CCCCc3ccccc3)ccc2c1. The molecule has 1 N–H and O–H groups in total. The first-order chi connectivity index (χ1) is 17.5. The van der Waals surface area contributed by atoms with Crippen molar-refractivity contribution in [2.45, 2.75) is 38.1 Å². The van der Waals surface area contributed by atoms with Crippen molar-refractivity contribution in [2.75, 3.05) is 7.11 Å². The van der Waals surface area contributed by atoms with Crippen LogP contribution in [0.4, 0.5) is 0 Å². The Morgan fingerprint density at radius 1 is 0.833 bits per heavy atom. The van der Waals surface area contributed by atoms with Crippen LogP contribution in [0.3, 0.4) is 0 Å². The summed E-state index contributed by atoms with van der Waals surface area (Å²) in [5.41, 5.74) is 2.74. The molecule has 0 spiro atoms. The minimum absolute atomic E-state index is 0.0388. The number of nitrogens with one attached hydrogen (secondary N) is 1. The van der Waals surface area contributed by atoms with Crippen LogP contribution in [0, 0.1) is 0 Å². The molecule has 4 aromatic rings. The lowest BCUT2D eigenvalue weighted by molar-refractivity contribution is -0.121. The van der Waals surface area contributed by atoms with Gasteiger partial charge in [0.1, 0.15) is 5.75 Å². The fourth-order valence-electron chi connectivity index (χ4n) is 4.28. The molecular formula is C31H30ClNO3. The zero-order valence-electron chi connectivity index (χ0n) is 20.4. The van der Waals surface area contributed by atoms with Gasteiger partial charge in [-0.15, -0.1) is 0 Å². The summed E-state index contributed by atoms with van der Waals surface area (Å²) in [5.74, 6) is 0.543. The molecule has 4 nitrogen and oxygen atoms in total. The fourth-order valence-corrected chi connectivity index (χ4v) is 4.41. The molecule has 4 rings (SSSR count). The maximum atomic E-state index is 13.2. The van der Waals surface area contributed by atoms with Crippen LogP contribution in [0.25, 0.3) is 10.8 Å². The van der Waals surface area contributed by atoms with E-state index in [1.54, 1.807) is 25.3 Å². The maximum absolute atomic E-state index is 13.2. The molecule has 184 valence electrons. The molecule has 1 amide bonds. The van der Waals surface area contributed by atoms with Gasteiger partial charge in [-0.05, 0) is 84.0 Å². The molecule has 0 saturated heterocycles. The Morgan fingerprint density at radius 3 is 2.31 bits per heavy atom. The number of unbranched alkanes of at least 4 members (excludes halogenated alkanes) is 1. The molecule has 0 radical (unpaired) electrons. The molecule has 0 aliphatic rings. The third-order valence-corrected chi connectivity index (χ3v) is 6.59. The number of ketones is 1. The molecule has 5 heteroatoms. The number of rotatable bonds is 11. The molecule has 0 unspecified atom stereocenters. The number of hydrogen-bond acceptors (Lipinski definition) is 3. The Hall–Kier alpha value is -3.63. The van der Waals surface area contributed by atoms with Crippen LogP contribution in [0.2, 0.25) is 5.02 Å². The summed E-state index contributed by atoms with van der Waals surface area (Å²) >= 11 is 6.03. The van der Waals surface area contributed by atoms with Crippen molar-refractivity contribution >= 4 is 34.1 Å². The van der Waals surface area contributed by atoms with Crippen LogP contribution in [0.1, 0.15) is 40.7 Å². The van der Waals surface area contributed by atoms with Crippen LogP contribution in [0.5, 0.6) is 5.75 Å². The lowest BCUT2D eigenvalue weighted by atomic mass is 9.97. The van der Waals surface area contributed by atoms with Gasteiger partial charge in [-0.1, -0.05) is 66.2 Å². The highest BCUT2D eigenvalue weighted by Crippen LogP contribution is 2.22. The van der Waals surface area contributed by atoms with Gasteiger partial charge in [-0.25, -0.2) is 0 Å². The summed E-state index contributed by atoms with van der Waals surface area (Å²) in [5, 5.41) is 5.55. The normalized spacial score (nSPS) is 11.7. The second-order valence-electron chi connectivity index (χ2n) is 8.94. The lowest BCUT2D eigenvalue weighted by Gasteiger charge is -2.18. The van der Waals surface area contributed by atoms with Gasteiger partial charge in [0.2, 0.25) is 0 Å². The van der Waals surface area contributed by atoms with E-state index in [9.17, 15) is 9.59 Å². The fraction of sp³-hybridized carbons (Fsp3) is 0.226. The van der Waals surface area contributed by atoms with Gasteiger partial charge in [-0.3, -0.25) is 9.59 Å². The van der Waals surface area contributed by atoms with Crippen LogP contribution < -0.4 is 10.1 Å². The summed E-state index contributed by atoms with van der Waals surface area (Å²) in [6.45, 7) is 0. The van der Waals surface area contributed by atoms with Gasteiger partial charge < -0.3 is 10.1 Å². The minimum Gasteiger partial charge on any atom is -0.497 e. The van der Waals surface area contributed by atoms with Crippen molar-refractivity contribution in [1.29, 1.82) is 0 Å². The average molecular weight is 500 g/mol. The van der Waals surface area contributed by atoms with Gasteiger partial charge in [0.25, 0.3) is 5.91 Å². The molecule has 0 saturated carbocycles. The van der Waals surface area contributed by atoms with Gasteiger partial charge >= 0.3 is 0 Å². The third kappa shape index (κ3) is 6.96. The number of ether oxygens (including phenoxy) is 1. The Balaban J connectivity index is 1.44. The minimum atomic E-state index is -0.609. The quantitative estimate of drug-likeness (QED) is 0.230. The smallest absolute Gasteiger partial charge is 0.251 e. The number of benzene rings is 4. The second-order valence-corrected chi connectivity index (χ2v) is 9.38. The van der Waals surface area contributed by atoms with E-state index >= 15 is 0 Å². The summed E-state index contributed by atoms with van der Waals surface area (Å²) in [6, 6.07) is 28.3. The van der Waals surface area contributed by atoms with E-state index in [4.69, 9.17) is 16.3 Å². The predicted molar refractivity (Wildman–Crippen MR) is 146 cm³/mol. The Bertz CT molecular complexity index is 1320. The van der Waals surface area contributed by atoms with Crippen molar-refractivity contribution in [2.24, 2.45) is 0 Å². The summed E-state index contributed by atoms with van der Waals surface area (Å²) in [7, 11) is 1.63. The van der Waals surface area contributed by atoms with Crippen molar-refractivity contribution in [3.8, 4) is 5.75 Å². The Morgan fingerprint density at radius 2 is 1.56 bits per heavy atom. The molecule has 1 atom stereocenters. The number of methoxy groups -OCH3 is 1. The largest absolute Gasteiger partial charge is 0.497 e. The average Bonchev–Trinajstić information content (AvgIpc) is 2.91. The van der Waals surface area contributed by atoms with Crippen LogP contribution in [-0.4, -0.2) is 24.8 Å². The highest BCUT2D eigenvalue weighted by atomic mass is 35.5. The Kier molecular flexibility index (Phi) is 8.75. The number of carbonyl (C=O) groups excluding carboxylic acids is 2. The van der Waals surface area contributed by atoms with E-state index in [0.29, 0.717) is 23.4 Å². The predicted octanol–water partition coefficient (Wildman–Crippen LogP) is 6.83. The molecule has 0 heterocycles. The van der Waals surface area contributed by atoms with Gasteiger partial charge in [0.15, 0.2) is 5.78 Å². The zero-order chi connectivity index (χ0) is 25.3. The van der Waals surface area contributed by atoms with Crippen molar-refractivity contribution in [3.05, 3.63) is 113 Å². The standard InChI is InChI=1S/C31H30ClNO3/c1-36-28-18-15-24-20-26(14-13-25(24)21-28)31(35)33-29(19-23-11-16-27(32)17-12-23)30(34)10-6-5-9-22-7-3-2-4-8-22/h2-4,7-8,11-18,20-21,29H,5-6,9-10,19H2,1H3,(H,33,35)/t29-/m0/s1. The van der Waals surface area contributed by atoms with E-state index in [1.165, 1.54) is 5.56 Å². The molecule has 0 fully saturated rings. The van der Waals surface area contributed by atoms with E-state index < -0.39 is 6.04 Å². The molecular weight excluding hydrogens is 470 g/mol. The number of hydrogen-bond donors (Lipinski definition) is 1. The monoisotopic (exact) mass is 499 g/mol. The summed E-state index contributed by atoms with van der Waals surface area (Å²) in [6.07, 6.45) is 3.47. The molecule has 36 heavy (non-hydrogen) atoms. The molecule has 0 aliphatic heterocycles. The molecule has 0 aromatic heterocycles. The lowest BCUT2D eigenvalue weighted by Crippen LogP contribution is -2.42. The van der Waals surface area contributed by atoms with Crippen LogP contribution >= 0.6 is 11.6 Å². The number of Topliss-reactive ketones (excluding diaryl/α,β-unsaturated/α-hetero) is 1. The summed E-state index contributed by atoms with van der Waals surface area (Å²) in [4.78, 5) is 26.4. The van der Waals surface area contributed by atoms with E-state index in [-0.39, 0.29) is 11.7 Å². The molecule has 0 aliphatic carbocycles. The number of halogens is 1. The van der Waals surface area contributed by atoms with E-state index in [0.717, 1.165) is 41.3 Å². The first kappa shape index (κ1) is 25.5. The van der Waals surface area contributed by atoms with Crippen molar-refractivity contribution in [3.63, 3.8) is 0 Å². The molecule has 0 bridgehead atoms. The van der Waals surface area contributed by atoms with Gasteiger partial charge in [0, 0.05) is 17.0 Å².